The standard InChI is InChI=1S/C16H21FN4O2/c1-11(20(5)15(22)23-16(2,3)4)12-6-7-14(18-8-12)21-10-13(17)9-19-21/h6-11H,1-5H3/t11-/m0/s1. The van der Waals surface area contributed by atoms with Gasteiger partial charge >= 0.3 is 6.09 Å². The number of ether oxygens (including phenoxy) is 1. The number of nitrogens with zero attached hydrogens (tertiary/aromatic N) is 4. The van der Waals surface area contributed by atoms with E-state index in [0.29, 0.717) is 5.82 Å². The van der Waals surface area contributed by atoms with Crippen LogP contribution in [0.3, 0.4) is 0 Å². The molecule has 0 aromatic carbocycles. The van der Waals surface area contributed by atoms with Crippen LogP contribution < -0.4 is 0 Å². The normalized spacial score (nSPS) is 12.8. The Labute approximate surface area is 134 Å². The van der Waals surface area contributed by atoms with Crippen molar-refractivity contribution >= 4 is 6.09 Å². The van der Waals surface area contributed by atoms with Gasteiger partial charge in [-0.05, 0) is 39.3 Å². The Bertz CT molecular complexity index is 676. The van der Waals surface area contributed by atoms with Crippen LogP contribution in [0.4, 0.5) is 9.18 Å². The van der Waals surface area contributed by atoms with Gasteiger partial charge in [0.1, 0.15) is 5.60 Å². The lowest BCUT2D eigenvalue weighted by Crippen LogP contribution is -2.35. The Morgan fingerprint density at radius 1 is 1.35 bits per heavy atom. The van der Waals surface area contributed by atoms with Crippen molar-refractivity contribution in [2.75, 3.05) is 7.05 Å². The average Bonchev–Trinajstić information content (AvgIpc) is 2.90. The highest BCUT2D eigenvalue weighted by Gasteiger charge is 2.23. The van der Waals surface area contributed by atoms with Gasteiger partial charge in [-0.15, -0.1) is 0 Å². The van der Waals surface area contributed by atoms with Gasteiger partial charge in [0, 0.05) is 13.2 Å². The molecule has 1 amide bonds. The van der Waals surface area contributed by atoms with Gasteiger partial charge in [-0.1, -0.05) is 6.07 Å². The van der Waals surface area contributed by atoms with E-state index >= 15 is 0 Å². The molecular formula is C16H21FN4O2. The molecule has 0 saturated heterocycles. The Hall–Kier alpha value is -2.44. The Balaban J connectivity index is 2.10. The molecule has 0 bridgehead atoms. The quantitative estimate of drug-likeness (QED) is 0.870. The maximum absolute atomic E-state index is 13.0. The molecule has 6 nitrogen and oxygen atoms in total. The highest BCUT2D eigenvalue weighted by atomic mass is 19.1. The van der Waals surface area contributed by atoms with Crippen LogP contribution in [0, 0.1) is 5.82 Å². The maximum Gasteiger partial charge on any atom is 0.410 e. The molecule has 7 heteroatoms. The van der Waals surface area contributed by atoms with Gasteiger partial charge in [0.15, 0.2) is 11.6 Å². The first-order valence-electron chi connectivity index (χ1n) is 7.29. The van der Waals surface area contributed by atoms with Crippen molar-refractivity contribution in [1.29, 1.82) is 0 Å². The molecule has 0 radical (unpaired) electrons. The highest BCUT2D eigenvalue weighted by Crippen LogP contribution is 2.21. The molecule has 23 heavy (non-hydrogen) atoms. The first-order valence-corrected chi connectivity index (χ1v) is 7.29. The maximum atomic E-state index is 13.0. The number of pyridine rings is 1. The molecule has 0 unspecified atom stereocenters. The van der Waals surface area contributed by atoms with Gasteiger partial charge < -0.3 is 9.64 Å². The molecule has 2 heterocycles. The first-order chi connectivity index (χ1) is 10.7. The van der Waals surface area contributed by atoms with Crippen LogP contribution in [0.15, 0.2) is 30.7 Å². The fraction of sp³-hybridized carbons (Fsp3) is 0.438. The monoisotopic (exact) mass is 320 g/mol. The number of carbonyl (C=O) groups excluding carboxylic acids is 1. The topological polar surface area (TPSA) is 60.2 Å². The fourth-order valence-electron chi connectivity index (χ4n) is 1.92. The minimum atomic E-state index is -0.544. The summed E-state index contributed by atoms with van der Waals surface area (Å²) in [4.78, 5) is 17.9. The van der Waals surface area contributed by atoms with E-state index in [2.05, 4.69) is 10.1 Å². The second kappa shape index (κ2) is 6.36. The van der Waals surface area contributed by atoms with Gasteiger partial charge in [-0.2, -0.15) is 5.10 Å². The van der Waals surface area contributed by atoms with Crippen LogP contribution >= 0.6 is 0 Å². The van der Waals surface area contributed by atoms with Gasteiger partial charge in [0.2, 0.25) is 0 Å². The van der Waals surface area contributed by atoms with Crippen LogP contribution in [0.25, 0.3) is 5.82 Å². The summed E-state index contributed by atoms with van der Waals surface area (Å²) in [6, 6.07) is 3.34. The third-order valence-corrected chi connectivity index (χ3v) is 3.30. The van der Waals surface area contributed by atoms with Crippen molar-refractivity contribution < 1.29 is 13.9 Å². The van der Waals surface area contributed by atoms with Crippen molar-refractivity contribution in [1.82, 2.24) is 19.7 Å². The number of amides is 1. The second-order valence-electron chi connectivity index (χ2n) is 6.32. The van der Waals surface area contributed by atoms with Crippen molar-refractivity contribution in [3.05, 3.63) is 42.1 Å². The van der Waals surface area contributed by atoms with Crippen LogP contribution in [0.1, 0.15) is 39.3 Å². The summed E-state index contributed by atoms with van der Waals surface area (Å²) in [5, 5.41) is 3.86. The van der Waals surface area contributed by atoms with Crippen LogP contribution in [0.2, 0.25) is 0 Å². The smallest absolute Gasteiger partial charge is 0.410 e. The Morgan fingerprint density at radius 2 is 2.04 bits per heavy atom. The number of carbonyl (C=O) groups is 1. The molecule has 2 rings (SSSR count). The van der Waals surface area contributed by atoms with Gasteiger partial charge in [0.25, 0.3) is 0 Å². The van der Waals surface area contributed by atoms with E-state index in [0.717, 1.165) is 11.8 Å². The molecule has 1 atom stereocenters. The molecular weight excluding hydrogens is 299 g/mol. The van der Waals surface area contributed by atoms with E-state index in [9.17, 15) is 9.18 Å². The number of aromatic nitrogens is 3. The minimum absolute atomic E-state index is 0.208. The van der Waals surface area contributed by atoms with Crippen molar-refractivity contribution in [2.24, 2.45) is 0 Å². The van der Waals surface area contributed by atoms with Crippen LogP contribution in [-0.2, 0) is 4.74 Å². The lowest BCUT2D eigenvalue weighted by atomic mass is 10.1. The molecule has 2 aromatic rings. The third kappa shape index (κ3) is 4.28. The summed E-state index contributed by atoms with van der Waals surface area (Å²) in [5.74, 6) is 0.0821. The van der Waals surface area contributed by atoms with Gasteiger partial charge in [-0.3, -0.25) is 0 Å². The SMILES string of the molecule is C[C@@H](c1ccc(-n2cc(F)cn2)nc1)N(C)C(=O)OC(C)(C)C. The molecule has 0 aliphatic rings. The van der Waals surface area contributed by atoms with E-state index in [1.807, 2.05) is 33.8 Å². The third-order valence-electron chi connectivity index (χ3n) is 3.30. The van der Waals surface area contributed by atoms with E-state index < -0.39 is 17.5 Å². The predicted octanol–water partition coefficient (Wildman–Crippen LogP) is 3.33. The summed E-state index contributed by atoms with van der Waals surface area (Å²) in [5.41, 5.74) is 0.298. The van der Waals surface area contributed by atoms with E-state index in [1.54, 1.807) is 19.3 Å². The summed E-state index contributed by atoms with van der Waals surface area (Å²) < 4.78 is 19.7. The molecule has 0 saturated carbocycles. The van der Waals surface area contributed by atoms with E-state index in [4.69, 9.17) is 4.74 Å². The number of hydrogen-bond donors (Lipinski definition) is 0. The first kappa shape index (κ1) is 16.9. The molecule has 0 spiro atoms. The summed E-state index contributed by atoms with van der Waals surface area (Å²) in [6.45, 7) is 7.35. The van der Waals surface area contributed by atoms with Gasteiger partial charge in [0.05, 0.1) is 18.4 Å². The second-order valence-corrected chi connectivity index (χ2v) is 6.32. The minimum Gasteiger partial charge on any atom is -0.444 e. The lowest BCUT2D eigenvalue weighted by Gasteiger charge is -2.28. The zero-order valence-corrected chi connectivity index (χ0v) is 13.9. The van der Waals surface area contributed by atoms with Crippen molar-refractivity contribution in [2.45, 2.75) is 39.3 Å². The molecule has 0 aliphatic carbocycles. The highest BCUT2D eigenvalue weighted by molar-refractivity contribution is 5.68. The zero-order chi connectivity index (χ0) is 17.2. The Morgan fingerprint density at radius 3 is 2.52 bits per heavy atom. The molecule has 0 aliphatic heterocycles. The van der Waals surface area contributed by atoms with Gasteiger partial charge in [-0.25, -0.2) is 18.9 Å². The fourth-order valence-corrected chi connectivity index (χ4v) is 1.92. The van der Waals surface area contributed by atoms with Crippen molar-refractivity contribution in [3.63, 3.8) is 0 Å². The summed E-state index contributed by atoms with van der Waals surface area (Å²) in [7, 11) is 1.68. The summed E-state index contributed by atoms with van der Waals surface area (Å²) >= 11 is 0. The zero-order valence-electron chi connectivity index (χ0n) is 13.9. The van der Waals surface area contributed by atoms with Crippen LogP contribution in [0.5, 0.6) is 0 Å². The number of halogens is 1. The molecule has 0 N–H and O–H groups in total. The number of hydrogen-bond acceptors (Lipinski definition) is 4. The summed E-state index contributed by atoms with van der Waals surface area (Å²) in [6.07, 6.45) is 3.61. The average molecular weight is 320 g/mol. The van der Waals surface area contributed by atoms with Crippen molar-refractivity contribution in [3.8, 4) is 5.82 Å². The molecule has 124 valence electrons. The molecule has 0 fully saturated rings. The predicted molar refractivity (Wildman–Crippen MR) is 83.7 cm³/mol. The largest absolute Gasteiger partial charge is 0.444 e. The van der Waals surface area contributed by atoms with E-state index in [1.165, 1.54) is 15.8 Å². The lowest BCUT2D eigenvalue weighted by molar-refractivity contribution is 0.0233. The number of rotatable bonds is 3. The van der Waals surface area contributed by atoms with E-state index in [-0.39, 0.29) is 6.04 Å². The van der Waals surface area contributed by atoms with Crippen LogP contribution in [-0.4, -0.2) is 38.4 Å². The molecule has 2 aromatic heterocycles. The Kier molecular flexibility index (Phi) is 4.68.